The molecule has 0 spiro atoms. The average molecular weight is 372 g/mol. The van der Waals surface area contributed by atoms with E-state index in [1.807, 2.05) is 37.5 Å². The molecule has 92 valence electrons. The van der Waals surface area contributed by atoms with Crippen LogP contribution in [0.3, 0.4) is 0 Å². The highest BCUT2D eigenvalue weighted by molar-refractivity contribution is 6.29. The fourth-order valence-electron chi connectivity index (χ4n) is 1.97. The highest BCUT2D eigenvalue weighted by Gasteiger charge is 2.16. The van der Waals surface area contributed by atoms with Gasteiger partial charge in [-0.15, -0.1) is 0 Å². The van der Waals surface area contributed by atoms with Gasteiger partial charge in [0.25, 0.3) is 0 Å². The van der Waals surface area contributed by atoms with E-state index in [4.69, 9.17) is 11.6 Å². The molecule has 0 bridgehead atoms. The van der Waals surface area contributed by atoms with Gasteiger partial charge >= 0.3 is 5.65 Å². The molecule has 0 radical (unpaired) electrons. The summed E-state index contributed by atoms with van der Waals surface area (Å²) in [6.45, 7) is 0. The summed E-state index contributed by atoms with van der Waals surface area (Å²) in [6.07, 6.45) is 1.98. The lowest BCUT2D eigenvalue weighted by Gasteiger charge is -1.95. The molecule has 5 heteroatoms. The molecule has 0 aliphatic heterocycles. The Hall–Kier alpha value is -1.14. The van der Waals surface area contributed by atoms with Crippen molar-refractivity contribution in [3.8, 4) is 11.3 Å². The van der Waals surface area contributed by atoms with Crippen molar-refractivity contribution in [3.05, 3.63) is 53.8 Å². The number of fused-ring (bicyclic) bond motifs is 1. The number of hydrogen-bond donors (Lipinski definition) is 0. The quantitative estimate of drug-likeness (QED) is 0.417. The molecule has 3 rings (SSSR count). The van der Waals surface area contributed by atoms with Gasteiger partial charge in [-0.25, -0.2) is 4.57 Å². The molecular formula is C13H11ClIN3. The van der Waals surface area contributed by atoms with Crippen molar-refractivity contribution in [1.29, 1.82) is 0 Å². The molecule has 3 nitrogen and oxygen atoms in total. The molecule has 0 N–H and O–H groups in total. The predicted molar refractivity (Wildman–Crippen MR) is 66.8 cm³/mol. The number of rotatable bonds is 1. The van der Waals surface area contributed by atoms with Gasteiger partial charge in [0.05, 0.1) is 7.05 Å². The third-order valence-corrected chi connectivity index (χ3v) is 3.03. The number of imidazole rings is 1. The largest absolute Gasteiger partial charge is 1.00 e. The number of nitrogens with zero attached hydrogens (tertiary/aromatic N) is 3. The number of aromatic nitrogens is 3. The lowest BCUT2D eigenvalue weighted by molar-refractivity contribution is -0.633. The second-order valence-electron chi connectivity index (χ2n) is 3.90. The van der Waals surface area contributed by atoms with E-state index in [0.717, 1.165) is 16.9 Å². The molecular weight excluding hydrogens is 361 g/mol. The lowest BCUT2D eigenvalue weighted by Crippen LogP contribution is -3.00. The van der Waals surface area contributed by atoms with Crippen LogP contribution < -0.4 is 28.5 Å². The van der Waals surface area contributed by atoms with Crippen molar-refractivity contribution >= 4 is 17.2 Å². The first-order valence-electron chi connectivity index (χ1n) is 5.35. The number of benzene rings is 1. The summed E-state index contributed by atoms with van der Waals surface area (Å²) in [6, 6.07) is 14.0. The SMILES string of the molecule is C[n+]1c(-c2ccccc2)cn2nc(Cl)ccc21.[I-]. The minimum atomic E-state index is 0. The fraction of sp³-hybridized carbons (Fsp3) is 0.0769. The normalized spacial score (nSPS) is 10.3. The van der Waals surface area contributed by atoms with Gasteiger partial charge in [0, 0.05) is 11.6 Å². The molecule has 3 aromatic rings. The Kier molecular flexibility index (Phi) is 3.87. The lowest BCUT2D eigenvalue weighted by atomic mass is 10.2. The minimum Gasteiger partial charge on any atom is -1.00 e. The zero-order valence-electron chi connectivity index (χ0n) is 9.72. The molecule has 0 amide bonds. The molecule has 2 aromatic heterocycles. The van der Waals surface area contributed by atoms with Gasteiger partial charge in [-0.05, 0) is 6.07 Å². The molecule has 0 atom stereocenters. The third-order valence-electron chi connectivity index (χ3n) is 2.83. The first kappa shape index (κ1) is 13.3. The van der Waals surface area contributed by atoms with Crippen molar-refractivity contribution in [2.24, 2.45) is 7.05 Å². The Morgan fingerprint density at radius 3 is 2.56 bits per heavy atom. The Morgan fingerprint density at radius 2 is 1.83 bits per heavy atom. The first-order chi connectivity index (χ1) is 8.25. The Labute approximate surface area is 127 Å². The second-order valence-corrected chi connectivity index (χ2v) is 4.29. The maximum atomic E-state index is 5.89. The number of aryl methyl sites for hydroxylation is 1. The maximum absolute atomic E-state index is 5.89. The smallest absolute Gasteiger partial charge is 0.307 e. The monoisotopic (exact) mass is 371 g/mol. The summed E-state index contributed by atoms with van der Waals surface area (Å²) < 4.78 is 3.89. The van der Waals surface area contributed by atoms with Crippen molar-refractivity contribution in [2.45, 2.75) is 0 Å². The highest BCUT2D eigenvalue weighted by Crippen LogP contribution is 2.16. The van der Waals surface area contributed by atoms with E-state index < -0.39 is 0 Å². The van der Waals surface area contributed by atoms with Gasteiger partial charge in [0.2, 0.25) is 0 Å². The van der Waals surface area contributed by atoms with E-state index in [1.54, 1.807) is 10.6 Å². The van der Waals surface area contributed by atoms with Gasteiger partial charge < -0.3 is 24.0 Å². The van der Waals surface area contributed by atoms with Crippen LogP contribution in [0.1, 0.15) is 0 Å². The standard InChI is InChI=1S/C13H11ClN3.HI/c1-16-11(10-5-3-2-4-6-10)9-17-13(16)8-7-12(14)15-17;/h2-9H,1H3;1H/q+1;/p-1. The topological polar surface area (TPSA) is 21.2 Å². The van der Waals surface area contributed by atoms with Crippen LogP contribution in [0.5, 0.6) is 0 Å². The second kappa shape index (κ2) is 5.24. The van der Waals surface area contributed by atoms with Gasteiger partial charge in [0.1, 0.15) is 0 Å². The van der Waals surface area contributed by atoms with E-state index in [-0.39, 0.29) is 24.0 Å². The van der Waals surface area contributed by atoms with Crippen LogP contribution in [0, 0.1) is 0 Å². The van der Waals surface area contributed by atoms with Crippen molar-refractivity contribution in [2.75, 3.05) is 0 Å². The number of halogens is 2. The molecule has 0 fully saturated rings. The third kappa shape index (κ3) is 2.22. The number of hydrogen-bond acceptors (Lipinski definition) is 1. The van der Waals surface area contributed by atoms with Crippen LogP contribution in [0.4, 0.5) is 0 Å². The van der Waals surface area contributed by atoms with Crippen molar-refractivity contribution in [1.82, 2.24) is 9.61 Å². The van der Waals surface area contributed by atoms with E-state index in [2.05, 4.69) is 21.8 Å². The van der Waals surface area contributed by atoms with Gasteiger partial charge in [-0.3, -0.25) is 0 Å². The van der Waals surface area contributed by atoms with E-state index in [0.29, 0.717) is 5.15 Å². The highest BCUT2D eigenvalue weighted by atomic mass is 127. The molecule has 0 saturated heterocycles. The van der Waals surface area contributed by atoms with Gasteiger partial charge in [-0.2, -0.15) is 0 Å². The van der Waals surface area contributed by atoms with Gasteiger partial charge in [-0.1, -0.05) is 51.5 Å². The minimum absolute atomic E-state index is 0. The summed E-state index contributed by atoms with van der Waals surface area (Å²) in [4.78, 5) is 0. The molecule has 0 aliphatic rings. The average Bonchev–Trinajstić information content (AvgIpc) is 2.67. The van der Waals surface area contributed by atoms with Crippen LogP contribution in [0.15, 0.2) is 48.7 Å². The van der Waals surface area contributed by atoms with Crippen molar-refractivity contribution in [3.63, 3.8) is 0 Å². The zero-order chi connectivity index (χ0) is 11.8. The van der Waals surface area contributed by atoms with E-state index in [9.17, 15) is 0 Å². The van der Waals surface area contributed by atoms with Crippen LogP contribution >= 0.6 is 11.6 Å². The molecule has 0 saturated carbocycles. The molecule has 0 aliphatic carbocycles. The summed E-state index contributed by atoms with van der Waals surface area (Å²) in [7, 11) is 2.02. The van der Waals surface area contributed by atoms with E-state index >= 15 is 0 Å². The Bertz CT molecular complexity index is 679. The van der Waals surface area contributed by atoms with Crippen LogP contribution in [-0.2, 0) is 7.05 Å². The molecule has 2 heterocycles. The fourth-order valence-corrected chi connectivity index (χ4v) is 2.12. The Balaban J connectivity index is 0.00000120. The molecule has 1 aromatic carbocycles. The molecule has 18 heavy (non-hydrogen) atoms. The zero-order valence-corrected chi connectivity index (χ0v) is 12.6. The maximum Gasteiger partial charge on any atom is 0.307 e. The Morgan fingerprint density at radius 1 is 1.11 bits per heavy atom. The van der Waals surface area contributed by atoms with Crippen LogP contribution in [0.25, 0.3) is 16.9 Å². The summed E-state index contributed by atoms with van der Waals surface area (Å²) in [5.74, 6) is 0. The van der Waals surface area contributed by atoms with E-state index in [1.165, 1.54) is 0 Å². The summed E-state index contributed by atoms with van der Waals surface area (Å²) in [5, 5.41) is 4.74. The van der Waals surface area contributed by atoms with Gasteiger partial charge in [0.15, 0.2) is 17.0 Å². The van der Waals surface area contributed by atoms with Crippen molar-refractivity contribution < 1.29 is 28.5 Å². The summed E-state index contributed by atoms with van der Waals surface area (Å²) >= 11 is 5.89. The predicted octanol–water partition coefficient (Wildman–Crippen LogP) is -0.517. The first-order valence-corrected chi connectivity index (χ1v) is 5.73. The van der Waals surface area contributed by atoms with Crippen LogP contribution in [-0.4, -0.2) is 9.61 Å². The van der Waals surface area contributed by atoms with Crippen LogP contribution in [0.2, 0.25) is 5.15 Å². The molecule has 0 unspecified atom stereocenters. The summed E-state index contributed by atoms with van der Waals surface area (Å²) in [5.41, 5.74) is 3.28.